The lowest BCUT2D eigenvalue weighted by atomic mass is 10.0. The molecular weight excluding hydrogens is 280 g/mol. The normalized spacial score (nSPS) is 19.9. The molecule has 0 saturated heterocycles. The smallest absolute Gasteiger partial charge is 0.340 e. The first-order valence-electron chi connectivity index (χ1n) is 7.62. The van der Waals surface area contributed by atoms with E-state index < -0.39 is 0 Å². The lowest BCUT2D eigenvalue weighted by Crippen LogP contribution is -2.26. The van der Waals surface area contributed by atoms with Gasteiger partial charge in [-0.3, -0.25) is 9.78 Å². The van der Waals surface area contributed by atoms with E-state index in [1.54, 1.807) is 0 Å². The van der Waals surface area contributed by atoms with Crippen LogP contribution in [0, 0.1) is 12.8 Å². The van der Waals surface area contributed by atoms with Crippen molar-refractivity contribution >= 4 is 5.91 Å². The number of nitrogens with zero attached hydrogens (tertiary/aromatic N) is 1. The molecule has 1 heterocycles. The van der Waals surface area contributed by atoms with Crippen molar-refractivity contribution in [3.05, 3.63) is 51.7 Å². The Morgan fingerprint density at radius 3 is 2.95 bits per heavy atom. The average Bonchev–Trinajstić information content (AvgIpc) is 3.19. The molecule has 1 aliphatic carbocycles. The van der Waals surface area contributed by atoms with Gasteiger partial charge in [0.15, 0.2) is 0 Å². The second-order valence-electron chi connectivity index (χ2n) is 5.82. The van der Waals surface area contributed by atoms with Gasteiger partial charge in [-0.25, -0.2) is 9.89 Å². The number of H-pyrrole nitrogens is 2. The van der Waals surface area contributed by atoms with E-state index >= 15 is 0 Å². The topological polar surface area (TPSA) is 90.6 Å². The van der Waals surface area contributed by atoms with Gasteiger partial charge in [-0.1, -0.05) is 24.3 Å². The summed E-state index contributed by atoms with van der Waals surface area (Å²) in [5, 5.41) is 9.13. The fourth-order valence-corrected chi connectivity index (χ4v) is 2.85. The molecule has 22 heavy (non-hydrogen) atoms. The second-order valence-corrected chi connectivity index (χ2v) is 5.82. The number of aromatic nitrogens is 3. The largest absolute Gasteiger partial charge is 0.356 e. The van der Waals surface area contributed by atoms with E-state index in [1.807, 2.05) is 12.1 Å². The molecule has 3 N–H and O–H groups in total. The highest BCUT2D eigenvalue weighted by atomic mass is 16.2. The van der Waals surface area contributed by atoms with Crippen LogP contribution in [0.1, 0.15) is 35.7 Å². The molecule has 1 aromatic carbocycles. The summed E-state index contributed by atoms with van der Waals surface area (Å²) >= 11 is 0. The number of rotatable bonds is 6. The summed E-state index contributed by atoms with van der Waals surface area (Å²) in [7, 11) is 0. The Bertz CT molecular complexity index is 719. The first kappa shape index (κ1) is 14.6. The third kappa shape index (κ3) is 3.27. The van der Waals surface area contributed by atoms with Crippen LogP contribution < -0.4 is 11.0 Å². The summed E-state index contributed by atoms with van der Waals surface area (Å²) in [5.41, 5.74) is 2.25. The Balaban J connectivity index is 1.42. The highest BCUT2D eigenvalue weighted by Crippen LogP contribution is 2.48. The molecular formula is C16H20N4O2. The average molecular weight is 300 g/mol. The third-order valence-electron chi connectivity index (χ3n) is 4.15. The van der Waals surface area contributed by atoms with Crippen molar-refractivity contribution < 1.29 is 4.79 Å². The first-order chi connectivity index (χ1) is 10.6. The highest BCUT2D eigenvalue weighted by Gasteiger charge is 2.44. The molecule has 1 amide bonds. The summed E-state index contributed by atoms with van der Waals surface area (Å²) in [6.07, 6.45) is 2.34. The fourth-order valence-electron chi connectivity index (χ4n) is 2.85. The van der Waals surface area contributed by atoms with Gasteiger partial charge in [0, 0.05) is 18.9 Å². The minimum absolute atomic E-state index is 0.103. The molecule has 1 aromatic heterocycles. The lowest BCUT2D eigenvalue weighted by molar-refractivity contribution is -0.122. The monoisotopic (exact) mass is 300 g/mol. The van der Waals surface area contributed by atoms with Gasteiger partial charge in [0.1, 0.15) is 5.82 Å². The number of aromatic amines is 2. The molecule has 0 spiro atoms. The Kier molecular flexibility index (Phi) is 4.09. The summed E-state index contributed by atoms with van der Waals surface area (Å²) in [6, 6.07) is 8.25. The summed E-state index contributed by atoms with van der Waals surface area (Å²) < 4.78 is 0. The Labute approximate surface area is 128 Å². The van der Waals surface area contributed by atoms with Gasteiger partial charge in [0.2, 0.25) is 5.91 Å². The molecule has 1 fully saturated rings. The van der Waals surface area contributed by atoms with Crippen molar-refractivity contribution in [1.29, 1.82) is 0 Å². The Morgan fingerprint density at radius 2 is 2.23 bits per heavy atom. The van der Waals surface area contributed by atoms with Crippen molar-refractivity contribution in [1.82, 2.24) is 20.5 Å². The number of amides is 1. The molecule has 2 aromatic rings. The van der Waals surface area contributed by atoms with Crippen molar-refractivity contribution in [2.24, 2.45) is 5.92 Å². The zero-order valence-electron chi connectivity index (χ0n) is 12.6. The minimum Gasteiger partial charge on any atom is -0.356 e. The van der Waals surface area contributed by atoms with Gasteiger partial charge in [0.05, 0.1) is 0 Å². The number of hydrogen-bond donors (Lipinski definition) is 3. The Hall–Kier alpha value is -2.37. The van der Waals surface area contributed by atoms with Crippen LogP contribution in [0.3, 0.4) is 0 Å². The molecule has 3 rings (SSSR count). The van der Waals surface area contributed by atoms with E-state index in [1.165, 1.54) is 11.1 Å². The number of carbonyl (C=O) groups excluding carboxylic acids is 1. The van der Waals surface area contributed by atoms with E-state index in [2.05, 4.69) is 39.6 Å². The van der Waals surface area contributed by atoms with Crippen molar-refractivity contribution in [3.63, 3.8) is 0 Å². The van der Waals surface area contributed by atoms with E-state index in [0.717, 1.165) is 12.8 Å². The highest BCUT2D eigenvalue weighted by molar-refractivity contribution is 5.83. The zero-order chi connectivity index (χ0) is 15.5. The van der Waals surface area contributed by atoms with Crippen LogP contribution in [0.15, 0.2) is 29.1 Å². The van der Waals surface area contributed by atoms with Gasteiger partial charge in [0.25, 0.3) is 0 Å². The number of carbonyl (C=O) groups is 1. The number of aryl methyl sites for hydroxylation is 2. The molecule has 1 aliphatic rings. The SMILES string of the molecule is Cc1ccccc1[C@H]1C[C@@H]1C(=O)NCCCc1n[nH]c(=O)[nH]1. The van der Waals surface area contributed by atoms with Gasteiger partial charge in [-0.15, -0.1) is 0 Å². The molecule has 116 valence electrons. The minimum atomic E-state index is -0.293. The summed E-state index contributed by atoms with van der Waals surface area (Å²) in [4.78, 5) is 25.6. The van der Waals surface area contributed by atoms with Crippen LogP contribution in [0.5, 0.6) is 0 Å². The van der Waals surface area contributed by atoms with Crippen LogP contribution in [0.4, 0.5) is 0 Å². The maximum atomic E-state index is 12.1. The fraction of sp³-hybridized carbons (Fsp3) is 0.438. The van der Waals surface area contributed by atoms with Gasteiger partial charge < -0.3 is 5.32 Å². The van der Waals surface area contributed by atoms with E-state index in [0.29, 0.717) is 24.7 Å². The molecule has 0 radical (unpaired) electrons. The summed E-state index contributed by atoms with van der Waals surface area (Å²) in [6.45, 7) is 2.69. The summed E-state index contributed by atoms with van der Waals surface area (Å²) in [5.74, 6) is 1.22. The number of nitrogens with one attached hydrogen (secondary N) is 3. The molecule has 6 nitrogen and oxygen atoms in total. The van der Waals surface area contributed by atoms with Crippen LogP contribution in [0.2, 0.25) is 0 Å². The van der Waals surface area contributed by atoms with Crippen LogP contribution in [0.25, 0.3) is 0 Å². The molecule has 1 saturated carbocycles. The number of benzene rings is 1. The van der Waals surface area contributed by atoms with Crippen molar-refractivity contribution in [2.75, 3.05) is 6.54 Å². The van der Waals surface area contributed by atoms with Crippen LogP contribution in [-0.4, -0.2) is 27.6 Å². The zero-order valence-corrected chi connectivity index (χ0v) is 12.6. The molecule has 0 aliphatic heterocycles. The van der Waals surface area contributed by atoms with E-state index in [4.69, 9.17) is 0 Å². The van der Waals surface area contributed by atoms with E-state index in [9.17, 15) is 9.59 Å². The Morgan fingerprint density at radius 1 is 1.41 bits per heavy atom. The molecule has 0 bridgehead atoms. The number of hydrogen-bond acceptors (Lipinski definition) is 3. The molecule has 6 heteroatoms. The molecule has 0 unspecified atom stereocenters. The predicted octanol–water partition coefficient (Wildman–Crippen LogP) is 1.26. The maximum absolute atomic E-state index is 12.1. The predicted molar refractivity (Wildman–Crippen MR) is 82.6 cm³/mol. The van der Waals surface area contributed by atoms with Crippen LogP contribution >= 0.6 is 0 Å². The van der Waals surface area contributed by atoms with Crippen LogP contribution in [-0.2, 0) is 11.2 Å². The third-order valence-corrected chi connectivity index (χ3v) is 4.15. The van der Waals surface area contributed by atoms with E-state index in [-0.39, 0.29) is 17.5 Å². The van der Waals surface area contributed by atoms with Gasteiger partial charge in [-0.2, -0.15) is 5.10 Å². The van der Waals surface area contributed by atoms with Crippen molar-refractivity contribution in [3.8, 4) is 0 Å². The van der Waals surface area contributed by atoms with Crippen molar-refractivity contribution in [2.45, 2.75) is 32.1 Å². The maximum Gasteiger partial charge on any atom is 0.340 e. The standard InChI is InChI=1S/C16H20N4O2/c1-10-5-2-3-6-11(10)12-9-13(12)15(21)17-8-4-7-14-18-16(22)20-19-14/h2-3,5-6,12-13H,4,7-9H2,1H3,(H,17,21)(H2,18,19,20,22)/t12-,13+/m1/s1. The van der Waals surface area contributed by atoms with Gasteiger partial charge >= 0.3 is 5.69 Å². The van der Waals surface area contributed by atoms with Gasteiger partial charge in [-0.05, 0) is 36.8 Å². The second kappa shape index (κ2) is 6.17. The molecule has 2 atom stereocenters. The quantitative estimate of drug-likeness (QED) is 0.701. The first-order valence-corrected chi connectivity index (χ1v) is 7.62. The lowest BCUT2D eigenvalue weighted by Gasteiger charge is -2.06.